The van der Waals surface area contributed by atoms with Gasteiger partial charge in [-0.1, -0.05) is 33.6 Å². The maximum atomic E-state index is 6.27. The summed E-state index contributed by atoms with van der Waals surface area (Å²) >= 11 is 0. The van der Waals surface area contributed by atoms with Crippen molar-refractivity contribution < 1.29 is 0 Å². The lowest BCUT2D eigenvalue weighted by Crippen LogP contribution is -2.47. The third-order valence-corrected chi connectivity index (χ3v) is 3.18. The van der Waals surface area contributed by atoms with E-state index in [1.807, 2.05) is 0 Å². The summed E-state index contributed by atoms with van der Waals surface area (Å²) in [6, 6.07) is 0. The first-order valence-electron chi connectivity index (χ1n) is 5.63. The molecule has 0 aromatic carbocycles. The molecule has 14 heavy (non-hydrogen) atoms. The minimum atomic E-state index is 0. The van der Waals surface area contributed by atoms with Crippen LogP contribution in [0.4, 0.5) is 0 Å². The van der Waals surface area contributed by atoms with Gasteiger partial charge in [0.2, 0.25) is 0 Å². The highest BCUT2D eigenvalue weighted by Gasteiger charge is 2.38. The molecule has 0 radical (unpaired) electrons. The van der Waals surface area contributed by atoms with Gasteiger partial charge in [0.1, 0.15) is 0 Å². The summed E-state index contributed by atoms with van der Waals surface area (Å²) in [5.74, 6) is 0.865. The van der Waals surface area contributed by atoms with Gasteiger partial charge in [0.15, 0.2) is 0 Å². The van der Waals surface area contributed by atoms with Crippen molar-refractivity contribution in [3.05, 3.63) is 0 Å². The standard InChI is InChI=1S/C12H25N.ClH/c1-5-6-10-7-11(2,3)9-12(4,13)8-10;/h10H,5-9,13H2,1-4H3;1H. The topological polar surface area (TPSA) is 26.0 Å². The number of rotatable bonds is 2. The van der Waals surface area contributed by atoms with Gasteiger partial charge in [-0.15, -0.1) is 12.4 Å². The molecule has 1 aliphatic rings. The Bertz CT molecular complexity index is 159. The van der Waals surface area contributed by atoms with E-state index in [2.05, 4.69) is 27.7 Å². The zero-order chi connectivity index (χ0) is 10.1. The summed E-state index contributed by atoms with van der Waals surface area (Å²) in [7, 11) is 0. The maximum absolute atomic E-state index is 6.27. The van der Waals surface area contributed by atoms with E-state index in [9.17, 15) is 0 Å². The monoisotopic (exact) mass is 219 g/mol. The van der Waals surface area contributed by atoms with Gasteiger partial charge in [-0.3, -0.25) is 0 Å². The first kappa shape index (κ1) is 14.2. The van der Waals surface area contributed by atoms with E-state index in [0.29, 0.717) is 5.41 Å². The molecule has 1 saturated carbocycles. The smallest absolute Gasteiger partial charge is 0.0133 e. The first-order chi connectivity index (χ1) is 5.85. The Morgan fingerprint density at radius 2 is 1.79 bits per heavy atom. The lowest BCUT2D eigenvalue weighted by Gasteiger charge is -2.44. The normalized spacial score (nSPS) is 36.2. The van der Waals surface area contributed by atoms with E-state index < -0.39 is 0 Å². The average molecular weight is 220 g/mol. The second-order valence-electron chi connectivity index (χ2n) is 6.06. The molecule has 0 bridgehead atoms. The highest BCUT2D eigenvalue weighted by molar-refractivity contribution is 5.85. The quantitative estimate of drug-likeness (QED) is 0.752. The molecule has 2 heteroatoms. The van der Waals surface area contributed by atoms with Crippen LogP contribution in [0.1, 0.15) is 59.8 Å². The Labute approximate surface area is 95.2 Å². The minimum absolute atomic E-state index is 0. The Balaban J connectivity index is 0.00000169. The van der Waals surface area contributed by atoms with Gasteiger partial charge in [0.05, 0.1) is 0 Å². The summed E-state index contributed by atoms with van der Waals surface area (Å²) in [5.41, 5.74) is 6.82. The SMILES string of the molecule is CCCC1CC(C)(C)CC(C)(N)C1.Cl. The maximum Gasteiger partial charge on any atom is 0.0133 e. The second kappa shape index (κ2) is 4.85. The van der Waals surface area contributed by atoms with Crippen LogP contribution < -0.4 is 5.73 Å². The van der Waals surface area contributed by atoms with Crippen molar-refractivity contribution in [1.82, 2.24) is 0 Å². The van der Waals surface area contributed by atoms with E-state index in [-0.39, 0.29) is 17.9 Å². The van der Waals surface area contributed by atoms with Gasteiger partial charge in [-0.25, -0.2) is 0 Å². The molecule has 2 unspecified atom stereocenters. The van der Waals surface area contributed by atoms with Crippen LogP contribution in [0.2, 0.25) is 0 Å². The van der Waals surface area contributed by atoms with E-state index in [4.69, 9.17) is 5.73 Å². The van der Waals surface area contributed by atoms with Gasteiger partial charge in [-0.05, 0) is 37.5 Å². The number of hydrogen-bond donors (Lipinski definition) is 1. The predicted molar refractivity (Wildman–Crippen MR) is 65.9 cm³/mol. The Morgan fingerprint density at radius 1 is 1.21 bits per heavy atom. The van der Waals surface area contributed by atoms with Crippen LogP contribution in [0.3, 0.4) is 0 Å². The zero-order valence-electron chi connectivity index (χ0n) is 10.1. The van der Waals surface area contributed by atoms with Crippen molar-refractivity contribution in [3.8, 4) is 0 Å². The van der Waals surface area contributed by atoms with Gasteiger partial charge in [0.25, 0.3) is 0 Å². The molecule has 1 fully saturated rings. The number of halogens is 1. The molecule has 0 amide bonds. The molecule has 0 saturated heterocycles. The molecule has 1 nitrogen and oxygen atoms in total. The fraction of sp³-hybridized carbons (Fsp3) is 1.00. The average Bonchev–Trinajstić information content (AvgIpc) is 1.78. The molecule has 2 atom stereocenters. The van der Waals surface area contributed by atoms with Crippen LogP contribution in [0.25, 0.3) is 0 Å². The summed E-state index contributed by atoms with van der Waals surface area (Å²) < 4.78 is 0. The third kappa shape index (κ3) is 4.18. The molecule has 86 valence electrons. The fourth-order valence-corrected chi connectivity index (χ4v) is 3.36. The molecular weight excluding hydrogens is 194 g/mol. The van der Waals surface area contributed by atoms with Crippen molar-refractivity contribution in [3.63, 3.8) is 0 Å². The molecule has 2 N–H and O–H groups in total. The molecule has 0 aromatic rings. The molecule has 0 heterocycles. The van der Waals surface area contributed by atoms with Gasteiger partial charge < -0.3 is 5.73 Å². The van der Waals surface area contributed by atoms with Crippen molar-refractivity contribution in [1.29, 1.82) is 0 Å². The fourth-order valence-electron chi connectivity index (χ4n) is 3.36. The molecule has 1 rings (SSSR count). The minimum Gasteiger partial charge on any atom is -0.325 e. The van der Waals surface area contributed by atoms with Crippen LogP contribution in [0.5, 0.6) is 0 Å². The molecule has 0 aliphatic heterocycles. The van der Waals surface area contributed by atoms with Crippen molar-refractivity contribution >= 4 is 12.4 Å². The highest BCUT2D eigenvalue weighted by Crippen LogP contribution is 2.44. The van der Waals surface area contributed by atoms with Crippen molar-refractivity contribution in [2.45, 2.75) is 65.3 Å². The Kier molecular flexibility index (Phi) is 4.94. The Morgan fingerprint density at radius 3 is 2.21 bits per heavy atom. The lowest BCUT2D eigenvalue weighted by atomic mass is 9.64. The van der Waals surface area contributed by atoms with E-state index in [1.54, 1.807) is 0 Å². The van der Waals surface area contributed by atoms with E-state index in [1.165, 1.54) is 32.1 Å². The van der Waals surface area contributed by atoms with Crippen LogP contribution in [-0.4, -0.2) is 5.54 Å². The highest BCUT2D eigenvalue weighted by atomic mass is 35.5. The van der Waals surface area contributed by atoms with Crippen molar-refractivity contribution in [2.24, 2.45) is 17.1 Å². The largest absolute Gasteiger partial charge is 0.325 e. The third-order valence-electron chi connectivity index (χ3n) is 3.18. The van der Waals surface area contributed by atoms with Gasteiger partial charge in [-0.2, -0.15) is 0 Å². The summed E-state index contributed by atoms with van der Waals surface area (Å²) in [4.78, 5) is 0. The summed E-state index contributed by atoms with van der Waals surface area (Å²) in [5, 5.41) is 0. The molecule has 0 aromatic heterocycles. The molecule has 1 aliphatic carbocycles. The number of nitrogens with two attached hydrogens (primary N) is 1. The first-order valence-corrected chi connectivity index (χ1v) is 5.63. The zero-order valence-corrected chi connectivity index (χ0v) is 10.9. The summed E-state index contributed by atoms with van der Waals surface area (Å²) in [6.45, 7) is 9.21. The van der Waals surface area contributed by atoms with Crippen molar-refractivity contribution in [2.75, 3.05) is 0 Å². The van der Waals surface area contributed by atoms with Gasteiger partial charge >= 0.3 is 0 Å². The molecular formula is C12H26ClN. The number of hydrogen-bond acceptors (Lipinski definition) is 1. The Hall–Kier alpha value is 0.250. The van der Waals surface area contributed by atoms with Crippen LogP contribution >= 0.6 is 12.4 Å². The predicted octanol–water partition coefficient (Wildman–Crippen LogP) is 3.75. The lowest BCUT2D eigenvalue weighted by molar-refractivity contribution is 0.105. The van der Waals surface area contributed by atoms with Crippen LogP contribution in [0.15, 0.2) is 0 Å². The van der Waals surface area contributed by atoms with Gasteiger partial charge in [0, 0.05) is 5.54 Å². The van der Waals surface area contributed by atoms with Crippen LogP contribution in [-0.2, 0) is 0 Å². The van der Waals surface area contributed by atoms with E-state index >= 15 is 0 Å². The second-order valence-corrected chi connectivity index (χ2v) is 6.06. The van der Waals surface area contributed by atoms with E-state index in [0.717, 1.165) is 5.92 Å². The van der Waals surface area contributed by atoms with Crippen LogP contribution in [0, 0.1) is 11.3 Å². The summed E-state index contributed by atoms with van der Waals surface area (Å²) in [6.07, 6.45) is 6.44. The molecule has 0 spiro atoms.